The fraction of sp³-hybridized carbons (Fsp3) is 0.500. The zero-order valence-corrected chi connectivity index (χ0v) is 23.6. The van der Waals surface area contributed by atoms with E-state index in [1.165, 1.54) is 36.2 Å². The molecule has 2 aromatic carbocycles. The third-order valence-corrected chi connectivity index (χ3v) is 7.72. The molecule has 41 heavy (non-hydrogen) atoms. The molecule has 5 N–H and O–H groups in total. The Morgan fingerprint density at radius 2 is 1.71 bits per heavy atom. The number of benzene rings is 2. The van der Waals surface area contributed by atoms with Crippen molar-refractivity contribution < 1.29 is 33.7 Å². The fourth-order valence-corrected chi connectivity index (χ4v) is 4.85. The van der Waals surface area contributed by atoms with Crippen molar-refractivity contribution in [3.05, 3.63) is 65.5 Å². The molecule has 2 aliphatic rings. The van der Waals surface area contributed by atoms with E-state index in [1.807, 2.05) is 25.1 Å². The van der Waals surface area contributed by atoms with Crippen LogP contribution in [0.5, 0.6) is 5.75 Å². The van der Waals surface area contributed by atoms with Gasteiger partial charge in [-0.2, -0.15) is 0 Å². The molecular formula is C30H39FN4O6. The summed E-state index contributed by atoms with van der Waals surface area (Å²) in [6.07, 6.45) is -0.163. The lowest BCUT2D eigenvalue weighted by molar-refractivity contribution is -0.143. The van der Waals surface area contributed by atoms with Crippen molar-refractivity contribution in [2.24, 2.45) is 0 Å². The van der Waals surface area contributed by atoms with E-state index in [-0.39, 0.29) is 32.0 Å². The van der Waals surface area contributed by atoms with Crippen LogP contribution in [-0.2, 0) is 27.2 Å². The van der Waals surface area contributed by atoms with Crippen LogP contribution in [0.2, 0.25) is 0 Å². The molecule has 11 heteroatoms. The first-order valence-corrected chi connectivity index (χ1v) is 13.9. The molecule has 1 fully saturated rings. The minimum atomic E-state index is -1.23. The number of aliphatic hydroxyl groups is 2. The highest BCUT2D eigenvalue weighted by Crippen LogP contribution is 2.39. The smallest absolute Gasteiger partial charge is 0.243 e. The van der Waals surface area contributed by atoms with E-state index in [4.69, 9.17) is 4.74 Å². The maximum absolute atomic E-state index is 13.5. The Morgan fingerprint density at radius 1 is 1.02 bits per heavy atom. The number of β-amino-alcohol motifs (C(OH)–C–C–N with tert-alkyl or cyclic N) is 1. The van der Waals surface area contributed by atoms with Crippen LogP contribution in [0.1, 0.15) is 37.8 Å². The largest absolute Gasteiger partial charge is 0.489 e. The van der Waals surface area contributed by atoms with Gasteiger partial charge in [0.15, 0.2) is 0 Å². The highest BCUT2D eigenvalue weighted by molar-refractivity contribution is 5.93. The monoisotopic (exact) mass is 570 g/mol. The van der Waals surface area contributed by atoms with Crippen molar-refractivity contribution in [1.82, 2.24) is 20.9 Å². The van der Waals surface area contributed by atoms with Crippen molar-refractivity contribution in [2.45, 2.75) is 75.5 Å². The summed E-state index contributed by atoms with van der Waals surface area (Å²) in [5.74, 6) is -1.42. The first kappa shape index (κ1) is 30.4. The Hall–Kier alpha value is -3.54. The van der Waals surface area contributed by atoms with Crippen LogP contribution in [0.3, 0.4) is 0 Å². The summed E-state index contributed by atoms with van der Waals surface area (Å²) in [6.45, 7) is 3.55. The van der Waals surface area contributed by atoms with Crippen LogP contribution in [-0.4, -0.2) is 88.9 Å². The predicted octanol–water partition coefficient (Wildman–Crippen LogP) is 0.684. The minimum Gasteiger partial charge on any atom is -0.489 e. The molecule has 222 valence electrons. The van der Waals surface area contributed by atoms with E-state index < -0.39 is 53.4 Å². The van der Waals surface area contributed by atoms with E-state index in [0.29, 0.717) is 24.2 Å². The number of halogens is 1. The summed E-state index contributed by atoms with van der Waals surface area (Å²) >= 11 is 0. The predicted molar refractivity (Wildman–Crippen MR) is 149 cm³/mol. The third-order valence-electron chi connectivity index (χ3n) is 7.72. The maximum atomic E-state index is 13.5. The molecule has 1 heterocycles. The van der Waals surface area contributed by atoms with Gasteiger partial charge in [0.25, 0.3) is 0 Å². The number of carbonyl (C=O) groups is 3. The summed E-state index contributed by atoms with van der Waals surface area (Å²) in [5.41, 5.74) is 0.127. The number of carbonyl (C=O) groups excluding carboxylic acids is 3. The van der Waals surface area contributed by atoms with Crippen molar-refractivity contribution in [1.29, 1.82) is 0 Å². The maximum Gasteiger partial charge on any atom is 0.243 e. The Kier molecular flexibility index (Phi) is 9.62. The van der Waals surface area contributed by atoms with E-state index >= 15 is 0 Å². The lowest BCUT2D eigenvalue weighted by Crippen LogP contribution is -2.59. The lowest BCUT2D eigenvalue weighted by Gasteiger charge is -2.32. The highest BCUT2D eigenvalue weighted by Gasteiger charge is 2.52. The average molecular weight is 571 g/mol. The molecule has 3 amide bonds. The van der Waals surface area contributed by atoms with Gasteiger partial charge in [-0.05, 0) is 56.0 Å². The van der Waals surface area contributed by atoms with Gasteiger partial charge in [0, 0.05) is 33.0 Å². The molecule has 0 bridgehead atoms. The number of hydrogen-bond acceptors (Lipinski definition) is 7. The number of fused-ring (bicyclic) bond motifs is 1. The molecular weight excluding hydrogens is 531 g/mol. The molecule has 5 atom stereocenters. The minimum absolute atomic E-state index is 0.0663. The molecule has 0 spiro atoms. The zero-order chi connectivity index (χ0) is 29.7. The SMILES string of the molecule is C[C@@H]1CN[C@@H](C2(O)CC2)C(=O)N(C)[C@H](C)C(=O)N[C@H](Cc2ccc(F)cc2)C(=O)NCC(O)Cc2ccccc2O1. The Labute approximate surface area is 239 Å². The van der Waals surface area contributed by atoms with Gasteiger partial charge in [0.05, 0.1) is 11.7 Å². The van der Waals surface area contributed by atoms with E-state index in [9.17, 15) is 29.0 Å². The van der Waals surface area contributed by atoms with E-state index in [0.717, 1.165) is 5.56 Å². The van der Waals surface area contributed by atoms with Crippen molar-refractivity contribution in [3.63, 3.8) is 0 Å². The molecule has 2 aromatic rings. The molecule has 0 aromatic heterocycles. The van der Waals surface area contributed by atoms with Gasteiger partial charge in [-0.3, -0.25) is 19.7 Å². The Balaban J connectivity index is 1.61. The number of amides is 3. The molecule has 1 aliphatic carbocycles. The van der Waals surface area contributed by atoms with Crippen LogP contribution in [0.25, 0.3) is 0 Å². The summed E-state index contributed by atoms with van der Waals surface area (Å²) in [5, 5.41) is 30.2. The van der Waals surface area contributed by atoms with Gasteiger partial charge < -0.3 is 30.5 Å². The first-order chi connectivity index (χ1) is 19.5. The molecule has 1 aliphatic heterocycles. The van der Waals surface area contributed by atoms with Gasteiger partial charge >= 0.3 is 0 Å². The molecule has 1 saturated carbocycles. The number of nitrogens with one attached hydrogen (secondary N) is 3. The standard InChI is InChI=1S/C30H39FN4O6/c1-18-16-32-26(30(40)12-13-30)29(39)35(3)19(2)27(37)34-24(14-20-8-10-22(31)11-9-20)28(38)33-17-23(36)15-21-6-4-5-7-25(21)41-18/h4-11,18-19,23-24,26,32,36,40H,12-17H2,1-3H3,(H,33,38)(H,34,37)/t18-,19-,23?,24-,26-/m1/s1. The third kappa shape index (κ3) is 7.81. The van der Waals surface area contributed by atoms with Gasteiger partial charge in [-0.1, -0.05) is 30.3 Å². The van der Waals surface area contributed by atoms with Crippen molar-refractivity contribution in [3.8, 4) is 5.75 Å². The molecule has 4 rings (SSSR count). The number of aliphatic hydroxyl groups excluding tert-OH is 1. The second-order valence-electron chi connectivity index (χ2n) is 11.1. The topological polar surface area (TPSA) is 140 Å². The van der Waals surface area contributed by atoms with Crippen LogP contribution in [0.4, 0.5) is 4.39 Å². The van der Waals surface area contributed by atoms with Crippen LogP contribution >= 0.6 is 0 Å². The average Bonchev–Trinajstić information content (AvgIpc) is 3.69. The molecule has 0 saturated heterocycles. The molecule has 0 radical (unpaired) electrons. The van der Waals surface area contributed by atoms with Gasteiger partial charge in [0.1, 0.15) is 35.8 Å². The number of ether oxygens (including phenoxy) is 1. The lowest BCUT2D eigenvalue weighted by atomic mass is 10.0. The van der Waals surface area contributed by atoms with Crippen LogP contribution in [0, 0.1) is 5.82 Å². The second kappa shape index (κ2) is 13.0. The molecule has 1 unspecified atom stereocenters. The summed E-state index contributed by atoms with van der Waals surface area (Å²) in [6, 6.07) is 9.87. The Morgan fingerprint density at radius 3 is 2.39 bits per heavy atom. The van der Waals surface area contributed by atoms with E-state index in [2.05, 4.69) is 16.0 Å². The van der Waals surface area contributed by atoms with E-state index in [1.54, 1.807) is 13.0 Å². The van der Waals surface area contributed by atoms with Gasteiger partial charge in [-0.15, -0.1) is 0 Å². The number of para-hydroxylation sites is 1. The quantitative estimate of drug-likeness (QED) is 0.366. The second-order valence-corrected chi connectivity index (χ2v) is 11.1. The number of likely N-dealkylation sites (N-methyl/N-ethyl adjacent to an activating group) is 1. The van der Waals surface area contributed by atoms with Gasteiger partial charge in [0.2, 0.25) is 17.7 Å². The fourth-order valence-electron chi connectivity index (χ4n) is 4.85. The molecule has 10 nitrogen and oxygen atoms in total. The normalized spacial score (nSPS) is 27.9. The first-order valence-electron chi connectivity index (χ1n) is 13.9. The van der Waals surface area contributed by atoms with Gasteiger partial charge in [-0.25, -0.2) is 4.39 Å². The van der Waals surface area contributed by atoms with Crippen LogP contribution in [0.15, 0.2) is 48.5 Å². The summed E-state index contributed by atoms with van der Waals surface area (Å²) in [7, 11) is 1.48. The van der Waals surface area contributed by atoms with Crippen molar-refractivity contribution >= 4 is 17.7 Å². The van der Waals surface area contributed by atoms with Crippen LogP contribution < -0.4 is 20.7 Å². The summed E-state index contributed by atoms with van der Waals surface area (Å²) in [4.78, 5) is 41.3. The number of rotatable bonds is 3. The Bertz CT molecular complexity index is 1240. The number of hydrogen-bond donors (Lipinski definition) is 5. The highest BCUT2D eigenvalue weighted by atomic mass is 19.1. The number of nitrogens with zero attached hydrogens (tertiary/aromatic N) is 1. The van der Waals surface area contributed by atoms with Crippen molar-refractivity contribution in [2.75, 3.05) is 20.1 Å². The summed E-state index contributed by atoms with van der Waals surface area (Å²) < 4.78 is 19.6. The zero-order valence-electron chi connectivity index (χ0n) is 23.6.